The number of carbonyl (C=O) groups is 2. The molecule has 11 nitrogen and oxygen atoms in total. The zero-order valence-corrected chi connectivity index (χ0v) is 26.6. The number of nitrogens with zero attached hydrogens (tertiary/aromatic N) is 4. The average molecular weight is 665 g/mol. The minimum atomic E-state index is -0.424. The molecule has 1 unspecified atom stereocenters. The summed E-state index contributed by atoms with van der Waals surface area (Å²) in [6, 6.07) is 15.9. The molecule has 13 heteroatoms. The van der Waals surface area contributed by atoms with Gasteiger partial charge in [-0.25, -0.2) is 0 Å². The van der Waals surface area contributed by atoms with Crippen molar-refractivity contribution in [3.63, 3.8) is 0 Å². The lowest BCUT2D eigenvalue weighted by Crippen LogP contribution is -2.32. The van der Waals surface area contributed by atoms with E-state index < -0.39 is 5.91 Å². The quantitative estimate of drug-likeness (QED) is 0.153. The van der Waals surface area contributed by atoms with Crippen LogP contribution in [0, 0.1) is 0 Å². The van der Waals surface area contributed by atoms with Gasteiger partial charge in [-0.2, -0.15) is 5.10 Å². The van der Waals surface area contributed by atoms with Gasteiger partial charge in [-0.3, -0.25) is 24.2 Å². The van der Waals surface area contributed by atoms with Gasteiger partial charge >= 0.3 is 0 Å². The van der Waals surface area contributed by atoms with E-state index in [1.807, 2.05) is 10.7 Å². The van der Waals surface area contributed by atoms with Crippen LogP contribution in [0.5, 0.6) is 0 Å². The second-order valence-electron chi connectivity index (χ2n) is 11.5. The maximum atomic E-state index is 13.4. The lowest BCUT2D eigenvalue weighted by molar-refractivity contribution is 0.101. The van der Waals surface area contributed by atoms with Crippen LogP contribution in [0.1, 0.15) is 57.5 Å². The zero-order valence-electron chi connectivity index (χ0n) is 25.0. The Morgan fingerprint density at radius 1 is 0.913 bits per heavy atom. The lowest BCUT2D eigenvalue weighted by atomic mass is 10.0. The lowest BCUT2D eigenvalue weighted by Gasteiger charge is -2.31. The number of anilines is 2. The Bertz CT molecular complexity index is 1730. The van der Waals surface area contributed by atoms with Gasteiger partial charge in [-0.05, 0) is 49.1 Å². The number of pyridine rings is 1. The number of nitrogens with one attached hydrogen (secondary N) is 3. The van der Waals surface area contributed by atoms with Crippen molar-refractivity contribution in [3.8, 4) is 11.1 Å². The first kappa shape index (κ1) is 32.1. The van der Waals surface area contributed by atoms with Crippen molar-refractivity contribution in [3.05, 3.63) is 93.5 Å². The third-order valence-corrected chi connectivity index (χ3v) is 9.14. The van der Waals surface area contributed by atoms with E-state index in [9.17, 15) is 14.7 Å². The highest BCUT2D eigenvalue weighted by molar-refractivity contribution is 6.40. The summed E-state index contributed by atoms with van der Waals surface area (Å²) >= 11 is 13.6. The van der Waals surface area contributed by atoms with Gasteiger partial charge in [-0.15, -0.1) is 0 Å². The Morgan fingerprint density at radius 3 is 2.22 bits per heavy atom. The first-order chi connectivity index (χ1) is 22.3. The molecule has 5 N–H and O–H groups in total. The first-order valence-corrected chi connectivity index (χ1v) is 16.0. The number of hydrogen-bond donors (Lipinski definition) is 5. The molecule has 46 heavy (non-hydrogen) atoms. The van der Waals surface area contributed by atoms with E-state index in [0.29, 0.717) is 52.9 Å². The van der Waals surface area contributed by atoms with Gasteiger partial charge in [0.2, 0.25) is 0 Å². The van der Waals surface area contributed by atoms with Crippen LogP contribution in [0.3, 0.4) is 0 Å². The molecule has 4 heterocycles. The number of β-amino-alcohol motifs (C(OH)–C–C–N with tert-alkyl or cyclic N) is 1. The highest BCUT2D eigenvalue weighted by Crippen LogP contribution is 2.40. The van der Waals surface area contributed by atoms with Gasteiger partial charge in [0.25, 0.3) is 11.8 Å². The number of carbonyl (C=O) groups excluding carboxylic acids is 2. The molecule has 240 valence electrons. The summed E-state index contributed by atoms with van der Waals surface area (Å²) in [6.45, 7) is 3.22. The van der Waals surface area contributed by atoms with Crippen molar-refractivity contribution in [2.45, 2.75) is 44.5 Å². The van der Waals surface area contributed by atoms with Crippen LogP contribution in [-0.4, -0.2) is 74.0 Å². The third-order valence-electron chi connectivity index (χ3n) is 8.33. The molecule has 2 aromatic carbocycles. The highest BCUT2D eigenvalue weighted by Gasteiger charge is 2.33. The van der Waals surface area contributed by atoms with Gasteiger partial charge < -0.3 is 26.2 Å². The standard InChI is InChI=1S/C33H35Cl2N7O4/c34-30-22(4-1-6-24(30)38-32(45)26-10-9-20(18-37-26)17-36-12-15-43)23-5-2-7-25(31(23)35)39-33(46)27-16-29-28(8-3-13-42(29)40-27)41-14-11-21(44)19-41/h1-2,4-7,9-10,16,18,21,28,36,43-44H,3,8,11-15,17,19H2,(H,38,45)(H,39,46)/t21-,28?/m1/s1. The third kappa shape index (κ3) is 6.95. The van der Waals surface area contributed by atoms with E-state index in [0.717, 1.165) is 43.6 Å². The highest BCUT2D eigenvalue weighted by atomic mass is 35.5. The maximum Gasteiger partial charge on any atom is 0.276 e. The molecule has 0 radical (unpaired) electrons. The van der Waals surface area contributed by atoms with E-state index in [1.165, 1.54) is 0 Å². The predicted octanol–water partition coefficient (Wildman–Crippen LogP) is 4.74. The predicted molar refractivity (Wildman–Crippen MR) is 177 cm³/mol. The number of aryl methyl sites for hydroxylation is 1. The molecule has 6 rings (SSSR count). The minimum absolute atomic E-state index is 0.0395. The number of likely N-dealkylation sites (tertiary alicyclic amines) is 1. The van der Waals surface area contributed by atoms with Crippen molar-refractivity contribution in [2.75, 3.05) is 36.9 Å². The molecule has 1 fully saturated rings. The largest absolute Gasteiger partial charge is 0.395 e. The van der Waals surface area contributed by atoms with Gasteiger partial charge in [-0.1, -0.05) is 53.5 Å². The topological polar surface area (TPSA) is 145 Å². The molecule has 0 spiro atoms. The number of amides is 2. The number of rotatable bonds is 10. The minimum Gasteiger partial charge on any atom is -0.395 e. The molecule has 2 amide bonds. The second kappa shape index (κ2) is 14.3. The molecular weight excluding hydrogens is 629 g/mol. The number of hydrogen-bond acceptors (Lipinski definition) is 8. The molecule has 2 aliphatic rings. The summed E-state index contributed by atoms with van der Waals surface area (Å²) in [5.41, 5.74) is 4.33. The Morgan fingerprint density at radius 2 is 1.61 bits per heavy atom. The normalized spacial score (nSPS) is 17.9. The summed E-state index contributed by atoms with van der Waals surface area (Å²) < 4.78 is 1.89. The van der Waals surface area contributed by atoms with Crippen LogP contribution in [0.15, 0.2) is 60.8 Å². The van der Waals surface area contributed by atoms with Crippen molar-refractivity contribution in [1.29, 1.82) is 0 Å². The van der Waals surface area contributed by atoms with Crippen molar-refractivity contribution in [1.82, 2.24) is 25.0 Å². The van der Waals surface area contributed by atoms with Crippen molar-refractivity contribution in [2.24, 2.45) is 0 Å². The van der Waals surface area contributed by atoms with Crippen LogP contribution < -0.4 is 16.0 Å². The summed E-state index contributed by atoms with van der Waals surface area (Å²) in [6.07, 6.45) is 3.95. The molecule has 0 bridgehead atoms. The molecular formula is C33H35Cl2N7O4. The molecule has 0 saturated carbocycles. The molecule has 0 aliphatic carbocycles. The smallest absolute Gasteiger partial charge is 0.276 e. The van der Waals surface area contributed by atoms with Crippen LogP contribution in [0.25, 0.3) is 11.1 Å². The fraction of sp³-hybridized carbons (Fsp3) is 0.333. The molecule has 2 atom stereocenters. The monoisotopic (exact) mass is 663 g/mol. The number of halogens is 2. The molecule has 1 saturated heterocycles. The van der Waals surface area contributed by atoms with Crippen LogP contribution in [-0.2, 0) is 13.1 Å². The number of aliphatic hydroxyl groups is 2. The van der Waals surface area contributed by atoms with Crippen molar-refractivity contribution >= 4 is 46.4 Å². The van der Waals surface area contributed by atoms with Crippen LogP contribution >= 0.6 is 23.2 Å². The molecule has 2 aliphatic heterocycles. The molecule has 2 aromatic heterocycles. The average Bonchev–Trinajstić information content (AvgIpc) is 3.70. The Hall–Kier alpha value is -3.84. The van der Waals surface area contributed by atoms with E-state index in [1.54, 1.807) is 54.7 Å². The van der Waals surface area contributed by atoms with Gasteiger partial charge in [0.15, 0.2) is 5.69 Å². The SMILES string of the molecule is O=C(Nc1cccc(-c2cccc(NC(=O)c3cc4n(n3)CCCC4N3CC[C@@H](O)C3)c2Cl)c1Cl)c1ccc(CNCCO)cn1. The second-order valence-corrected chi connectivity index (χ2v) is 12.2. The van der Waals surface area contributed by atoms with Gasteiger partial charge in [0.05, 0.1) is 45.9 Å². The van der Waals surface area contributed by atoms with Crippen LogP contribution in [0.2, 0.25) is 10.0 Å². The van der Waals surface area contributed by atoms with E-state index >= 15 is 0 Å². The summed E-state index contributed by atoms with van der Waals surface area (Å²) in [5.74, 6) is -0.803. The van der Waals surface area contributed by atoms with Gasteiger partial charge in [0.1, 0.15) is 5.69 Å². The maximum absolute atomic E-state index is 13.4. The fourth-order valence-corrected chi connectivity index (χ4v) is 6.56. The number of fused-ring (bicyclic) bond motifs is 1. The number of aromatic nitrogens is 3. The zero-order chi connectivity index (χ0) is 32.2. The summed E-state index contributed by atoms with van der Waals surface area (Å²) in [7, 11) is 0. The summed E-state index contributed by atoms with van der Waals surface area (Å²) in [5, 5.41) is 32.9. The fourth-order valence-electron chi connectivity index (χ4n) is 6.01. The molecule has 4 aromatic rings. The van der Waals surface area contributed by atoms with Crippen LogP contribution in [0.4, 0.5) is 11.4 Å². The Kier molecular flexibility index (Phi) is 9.98. The van der Waals surface area contributed by atoms with Crippen molar-refractivity contribution < 1.29 is 19.8 Å². The van der Waals surface area contributed by atoms with Gasteiger partial charge in [0, 0.05) is 50.0 Å². The Balaban J connectivity index is 1.17. The number of benzene rings is 2. The number of aliphatic hydroxyl groups excluding tert-OH is 2. The summed E-state index contributed by atoms with van der Waals surface area (Å²) in [4.78, 5) is 32.9. The van der Waals surface area contributed by atoms with E-state index in [4.69, 9.17) is 28.3 Å². The Labute approximate surface area is 276 Å². The van der Waals surface area contributed by atoms with E-state index in [2.05, 4.69) is 30.9 Å². The van der Waals surface area contributed by atoms with E-state index in [-0.39, 0.29) is 35.4 Å². The first-order valence-electron chi connectivity index (χ1n) is 15.3.